The van der Waals surface area contributed by atoms with Crippen molar-refractivity contribution < 1.29 is 14.9 Å². The van der Waals surface area contributed by atoms with Crippen molar-refractivity contribution in [3.05, 3.63) is 0 Å². The summed E-state index contributed by atoms with van der Waals surface area (Å²) in [6.07, 6.45) is 2.44. The van der Waals surface area contributed by atoms with Gasteiger partial charge < -0.3 is 14.9 Å². The molecule has 1 aliphatic rings. The van der Waals surface area contributed by atoms with Crippen molar-refractivity contribution in [1.82, 2.24) is 0 Å². The molecule has 1 rings (SSSR count). The van der Waals surface area contributed by atoms with Crippen LogP contribution < -0.4 is 0 Å². The first kappa shape index (κ1) is 11.3. The van der Waals surface area contributed by atoms with Crippen molar-refractivity contribution in [2.45, 2.75) is 38.1 Å². The highest BCUT2D eigenvalue weighted by molar-refractivity contribution is 7.99. The number of aliphatic hydroxyl groups is 2. The third-order valence-electron chi connectivity index (χ3n) is 2.14. The fourth-order valence-corrected chi connectivity index (χ4v) is 2.42. The van der Waals surface area contributed by atoms with Crippen LogP contribution in [-0.4, -0.2) is 46.6 Å². The second kappa shape index (κ2) is 5.86. The highest BCUT2D eigenvalue weighted by Gasteiger charge is 2.21. The lowest BCUT2D eigenvalue weighted by Gasteiger charge is -2.11. The molecule has 3 unspecified atom stereocenters. The third-order valence-corrected chi connectivity index (χ3v) is 3.37. The maximum atomic E-state index is 9.07. The maximum Gasteiger partial charge on any atom is 0.0861 e. The lowest BCUT2D eigenvalue weighted by atomic mass is 10.2. The molecule has 0 radical (unpaired) electrons. The Bertz CT molecular complexity index is 143. The predicted octanol–water partition coefficient (Wildman–Crippen LogP) is 0.640. The van der Waals surface area contributed by atoms with Gasteiger partial charge in [-0.25, -0.2) is 0 Å². The molecule has 0 amide bonds. The Kier molecular flexibility index (Phi) is 5.09. The van der Waals surface area contributed by atoms with E-state index in [1.54, 1.807) is 11.8 Å². The van der Waals surface area contributed by atoms with Crippen LogP contribution in [0.3, 0.4) is 0 Å². The van der Waals surface area contributed by atoms with Crippen LogP contribution in [-0.2, 0) is 4.74 Å². The summed E-state index contributed by atoms with van der Waals surface area (Å²) in [5.41, 5.74) is 0. The molecular formula is C9H18O3S. The van der Waals surface area contributed by atoms with Crippen LogP contribution in [0.5, 0.6) is 0 Å². The van der Waals surface area contributed by atoms with Gasteiger partial charge in [0.15, 0.2) is 0 Å². The molecule has 3 atom stereocenters. The maximum absolute atomic E-state index is 9.07. The molecule has 1 heterocycles. The van der Waals surface area contributed by atoms with Crippen LogP contribution >= 0.6 is 11.8 Å². The zero-order chi connectivity index (χ0) is 9.68. The quantitative estimate of drug-likeness (QED) is 0.693. The van der Waals surface area contributed by atoms with Crippen LogP contribution in [0.2, 0.25) is 0 Å². The summed E-state index contributed by atoms with van der Waals surface area (Å²) in [6.45, 7) is 1.95. The smallest absolute Gasteiger partial charge is 0.0861 e. The Balaban J connectivity index is 2.00. The normalized spacial score (nSPS) is 30.7. The zero-order valence-corrected chi connectivity index (χ0v) is 8.80. The Morgan fingerprint density at radius 2 is 2.31 bits per heavy atom. The minimum absolute atomic E-state index is 0.144. The van der Waals surface area contributed by atoms with Gasteiger partial charge in [-0.05, 0) is 19.8 Å². The third kappa shape index (κ3) is 4.31. The Labute approximate surface area is 83.5 Å². The molecule has 0 spiro atoms. The van der Waals surface area contributed by atoms with E-state index in [-0.39, 0.29) is 6.61 Å². The lowest BCUT2D eigenvalue weighted by molar-refractivity contribution is 0.0697. The fraction of sp³-hybridized carbons (Fsp3) is 1.00. The van der Waals surface area contributed by atoms with Gasteiger partial charge in [0.05, 0.1) is 24.9 Å². The summed E-state index contributed by atoms with van der Waals surface area (Å²) in [7, 11) is 0. The van der Waals surface area contributed by atoms with Gasteiger partial charge in [0.1, 0.15) is 0 Å². The van der Waals surface area contributed by atoms with E-state index in [1.165, 1.54) is 0 Å². The van der Waals surface area contributed by atoms with E-state index in [9.17, 15) is 0 Å². The molecule has 4 heteroatoms. The van der Waals surface area contributed by atoms with Gasteiger partial charge in [-0.15, -0.1) is 0 Å². The number of thioether (sulfide) groups is 1. The van der Waals surface area contributed by atoms with Gasteiger partial charge in [0.2, 0.25) is 0 Å². The van der Waals surface area contributed by atoms with Crippen LogP contribution in [0, 0.1) is 0 Å². The van der Waals surface area contributed by atoms with Crippen molar-refractivity contribution in [2.75, 3.05) is 18.1 Å². The van der Waals surface area contributed by atoms with Gasteiger partial charge in [0.25, 0.3) is 0 Å². The molecule has 1 saturated heterocycles. The highest BCUT2D eigenvalue weighted by Crippen LogP contribution is 2.22. The fourth-order valence-electron chi connectivity index (χ4n) is 1.40. The van der Waals surface area contributed by atoms with Gasteiger partial charge in [-0.2, -0.15) is 11.8 Å². The Morgan fingerprint density at radius 3 is 2.85 bits per heavy atom. The molecule has 0 aliphatic carbocycles. The average molecular weight is 206 g/mol. The van der Waals surface area contributed by atoms with Crippen molar-refractivity contribution in [2.24, 2.45) is 0 Å². The monoisotopic (exact) mass is 206 g/mol. The number of aliphatic hydroxyl groups excluding tert-OH is 2. The van der Waals surface area contributed by atoms with Crippen molar-refractivity contribution in [3.8, 4) is 0 Å². The second-order valence-corrected chi connectivity index (χ2v) is 4.59. The van der Waals surface area contributed by atoms with Crippen LogP contribution in [0.25, 0.3) is 0 Å². The molecule has 0 bridgehead atoms. The van der Waals surface area contributed by atoms with Crippen molar-refractivity contribution >= 4 is 11.8 Å². The summed E-state index contributed by atoms with van der Waals surface area (Å²) >= 11 is 1.65. The number of rotatable bonds is 5. The molecule has 1 aliphatic heterocycles. The summed E-state index contributed by atoms with van der Waals surface area (Å²) in [4.78, 5) is 0. The molecule has 78 valence electrons. The van der Waals surface area contributed by atoms with Gasteiger partial charge >= 0.3 is 0 Å². The SMILES string of the molecule is CC1CCC(CSCC(O)CO)O1. The molecule has 1 fully saturated rings. The number of hydrogen-bond donors (Lipinski definition) is 2. The van der Waals surface area contributed by atoms with Gasteiger partial charge in [-0.1, -0.05) is 0 Å². The Hall–Kier alpha value is 0.230. The van der Waals surface area contributed by atoms with E-state index < -0.39 is 6.10 Å². The molecule has 3 nitrogen and oxygen atoms in total. The zero-order valence-electron chi connectivity index (χ0n) is 7.98. The van der Waals surface area contributed by atoms with Crippen molar-refractivity contribution in [1.29, 1.82) is 0 Å². The number of hydrogen-bond acceptors (Lipinski definition) is 4. The molecule has 0 aromatic carbocycles. The van der Waals surface area contributed by atoms with E-state index in [1.807, 2.05) is 0 Å². The second-order valence-electron chi connectivity index (χ2n) is 3.52. The topological polar surface area (TPSA) is 49.7 Å². The first-order valence-electron chi connectivity index (χ1n) is 4.74. The highest BCUT2D eigenvalue weighted by atomic mass is 32.2. The van der Waals surface area contributed by atoms with E-state index >= 15 is 0 Å². The standard InChI is InChI=1S/C9H18O3S/c1-7-2-3-9(12-7)6-13-5-8(11)4-10/h7-11H,2-6H2,1H3. The molecule has 2 N–H and O–H groups in total. The van der Waals surface area contributed by atoms with E-state index in [4.69, 9.17) is 14.9 Å². The van der Waals surface area contributed by atoms with Gasteiger partial charge in [-0.3, -0.25) is 0 Å². The minimum atomic E-state index is -0.580. The average Bonchev–Trinajstić information content (AvgIpc) is 2.51. The van der Waals surface area contributed by atoms with Crippen LogP contribution in [0.15, 0.2) is 0 Å². The molecule has 13 heavy (non-hydrogen) atoms. The minimum Gasteiger partial charge on any atom is -0.394 e. The summed E-state index contributed by atoms with van der Waals surface area (Å²) in [5.74, 6) is 1.53. The van der Waals surface area contributed by atoms with Crippen molar-refractivity contribution in [3.63, 3.8) is 0 Å². The first-order valence-corrected chi connectivity index (χ1v) is 5.90. The van der Waals surface area contributed by atoms with E-state index in [0.717, 1.165) is 18.6 Å². The summed E-state index contributed by atoms with van der Waals surface area (Å²) in [5, 5.41) is 17.6. The lowest BCUT2D eigenvalue weighted by Crippen LogP contribution is -2.17. The first-order chi connectivity index (χ1) is 6.22. The molecule has 0 aromatic rings. The molecule has 0 saturated carbocycles. The summed E-state index contributed by atoms with van der Waals surface area (Å²) in [6, 6.07) is 0. The van der Waals surface area contributed by atoms with E-state index in [2.05, 4.69) is 6.92 Å². The molecule has 0 aromatic heterocycles. The Morgan fingerprint density at radius 1 is 1.54 bits per heavy atom. The predicted molar refractivity (Wildman–Crippen MR) is 54.0 cm³/mol. The molecular weight excluding hydrogens is 188 g/mol. The largest absolute Gasteiger partial charge is 0.394 e. The van der Waals surface area contributed by atoms with Crippen LogP contribution in [0.1, 0.15) is 19.8 Å². The van der Waals surface area contributed by atoms with Crippen LogP contribution in [0.4, 0.5) is 0 Å². The number of ether oxygens (including phenoxy) is 1. The summed E-state index contributed by atoms with van der Waals surface area (Å²) < 4.78 is 5.61. The van der Waals surface area contributed by atoms with Gasteiger partial charge in [0, 0.05) is 11.5 Å². The van der Waals surface area contributed by atoms with E-state index in [0.29, 0.717) is 18.0 Å².